The molecule has 2 N–H and O–H groups in total. The van der Waals surface area contributed by atoms with Crippen molar-refractivity contribution in [3.63, 3.8) is 0 Å². The predicted octanol–water partition coefficient (Wildman–Crippen LogP) is 6.63. The van der Waals surface area contributed by atoms with E-state index >= 15 is 0 Å². The molecule has 0 aromatic heterocycles. The topological polar surface area (TPSA) is 93.7 Å². The number of esters is 1. The van der Waals surface area contributed by atoms with Gasteiger partial charge in [-0.1, -0.05) is 78.9 Å². The third kappa shape index (κ3) is 10.5. The molecule has 0 fully saturated rings. The second-order valence-corrected chi connectivity index (χ2v) is 10.4. The van der Waals surface area contributed by atoms with Crippen molar-refractivity contribution < 1.29 is 28.2 Å². The second-order valence-electron chi connectivity index (χ2n) is 10.4. The first-order valence-corrected chi connectivity index (χ1v) is 14.9. The van der Waals surface area contributed by atoms with Gasteiger partial charge in [0.05, 0.1) is 13.7 Å². The smallest absolute Gasteiger partial charge is 0.328 e. The number of ether oxygens (including phenoxy) is 2. The number of nitrogens with one attached hydrogen (secondary N) is 2. The number of hydrogen-bond donors (Lipinski definition) is 2. The zero-order chi connectivity index (χ0) is 31.9. The molecule has 0 bridgehead atoms. The van der Waals surface area contributed by atoms with Crippen molar-refractivity contribution in [1.82, 2.24) is 5.32 Å². The Morgan fingerprint density at radius 2 is 1.64 bits per heavy atom. The Labute approximate surface area is 263 Å². The number of carbonyl (C=O) groups excluding carboxylic acids is 3. The van der Waals surface area contributed by atoms with Gasteiger partial charge in [0.25, 0.3) is 0 Å². The number of benzene rings is 4. The molecule has 45 heavy (non-hydrogen) atoms. The predicted molar refractivity (Wildman–Crippen MR) is 174 cm³/mol. The summed E-state index contributed by atoms with van der Waals surface area (Å²) >= 11 is 0. The van der Waals surface area contributed by atoms with E-state index in [0.29, 0.717) is 61.4 Å². The molecule has 0 aliphatic heterocycles. The summed E-state index contributed by atoms with van der Waals surface area (Å²) < 4.78 is 24.1. The fraction of sp³-hybridized carbons (Fsp3) is 0.216. The molecule has 0 unspecified atom stereocenters. The van der Waals surface area contributed by atoms with E-state index in [1.165, 1.54) is 19.2 Å². The molecule has 0 radical (unpaired) electrons. The van der Waals surface area contributed by atoms with Crippen LogP contribution in [0.4, 0.5) is 10.1 Å². The largest absolute Gasteiger partial charge is 0.494 e. The van der Waals surface area contributed by atoms with Crippen molar-refractivity contribution in [3.05, 3.63) is 137 Å². The number of rotatable bonds is 16. The van der Waals surface area contributed by atoms with Crippen LogP contribution in [0.2, 0.25) is 0 Å². The molecule has 4 aromatic rings. The van der Waals surface area contributed by atoms with Crippen LogP contribution in [0.15, 0.2) is 109 Å². The van der Waals surface area contributed by atoms with Gasteiger partial charge in [-0.3, -0.25) is 9.59 Å². The highest BCUT2D eigenvalue weighted by molar-refractivity contribution is 6.12. The molecule has 0 heterocycles. The van der Waals surface area contributed by atoms with Crippen molar-refractivity contribution >= 4 is 29.4 Å². The quantitative estimate of drug-likeness (QED) is 0.0843. The SMILES string of the molecule is COC(=O)[C@H](Cc1ccc(OCCCNC(=O)CCC=Cc2cccc(F)c2)cc1)Nc1ccccc1C(=O)c1ccccc1. The highest BCUT2D eigenvalue weighted by Crippen LogP contribution is 2.22. The standard InChI is InChI=1S/C37H37FN2O5/c1-44-37(43)34(40-33-17-7-6-16-32(33)36(42)29-13-3-2-4-14-29)26-28-19-21-31(22-20-28)45-24-10-23-39-35(41)18-8-5-11-27-12-9-15-30(38)25-27/h2-7,9,11-17,19-22,25,34,40H,8,10,18,23-24,26H2,1H3,(H,39,41)/t34-/m0/s1. The molecule has 1 atom stereocenters. The average Bonchev–Trinajstić information content (AvgIpc) is 3.07. The van der Waals surface area contributed by atoms with Gasteiger partial charge in [-0.05, 0) is 60.4 Å². The molecule has 0 aliphatic rings. The summed E-state index contributed by atoms with van der Waals surface area (Å²) in [6, 6.07) is 29.1. The average molecular weight is 609 g/mol. The van der Waals surface area contributed by atoms with Crippen LogP contribution < -0.4 is 15.4 Å². The monoisotopic (exact) mass is 608 g/mol. The van der Waals surface area contributed by atoms with Gasteiger partial charge in [0.1, 0.15) is 17.6 Å². The minimum atomic E-state index is -0.716. The minimum absolute atomic E-state index is 0.0518. The van der Waals surface area contributed by atoms with Crippen LogP contribution in [0.3, 0.4) is 0 Å². The lowest BCUT2D eigenvalue weighted by atomic mass is 10.00. The Balaban J connectivity index is 1.22. The number of methoxy groups -OCH3 is 1. The molecule has 0 spiro atoms. The lowest BCUT2D eigenvalue weighted by Gasteiger charge is -2.20. The van der Waals surface area contributed by atoms with Crippen LogP contribution >= 0.6 is 0 Å². The number of para-hydroxylation sites is 1. The van der Waals surface area contributed by atoms with Crippen LogP contribution in [0.5, 0.6) is 5.75 Å². The third-order valence-electron chi connectivity index (χ3n) is 7.00. The fourth-order valence-electron chi connectivity index (χ4n) is 4.66. The van der Waals surface area contributed by atoms with E-state index in [1.54, 1.807) is 42.5 Å². The number of amides is 1. The number of ketones is 1. The van der Waals surface area contributed by atoms with Gasteiger partial charge in [0, 0.05) is 36.2 Å². The molecule has 4 rings (SSSR count). The molecule has 232 valence electrons. The van der Waals surface area contributed by atoms with Gasteiger partial charge >= 0.3 is 5.97 Å². The first-order chi connectivity index (χ1) is 21.9. The summed E-state index contributed by atoms with van der Waals surface area (Å²) in [5, 5.41) is 6.10. The van der Waals surface area contributed by atoms with E-state index in [1.807, 2.05) is 60.7 Å². The molecule has 0 saturated heterocycles. The zero-order valence-electron chi connectivity index (χ0n) is 25.2. The second kappa shape index (κ2) is 17.2. The molecule has 0 aliphatic carbocycles. The van der Waals surface area contributed by atoms with E-state index in [0.717, 1.165) is 11.1 Å². The van der Waals surface area contributed by atoms with Crippen molar-refractivity contribution in [2.24, 2.45) is 0 Å². The summed E-state index contributed by atoms with van der Waals surface area (Å²) in [6.07, 6.45) is 5.55. The summed E-state index contributed by atoms with van der Waals surface area (Å²) in [5.74, 6) is -0.248. The van der Waals surface area contributed by atoms with Crippen molar-refractivity contribution in [2.45, 2.75) is 31.7 Å². The van der Waals surface area contributed by atoms with Gasteiger partial charge < -0.3 is 20.1 Å². The van der Waals surface area contributed by atoms with E-state index in [2.05, 4.69) is 10.6 Å². The molecule has 0 saturated carbocycles. The van der Waals surface area contributed by atoms with E-state index in [-0.39, 0.29) is 17.5 Å². The van der Waals surface area contributed by atoms with Gasteiger partial charge in [-0.25, -0.2) is 9.18 Å². The minimum Gasteiger partial charge on any atom is -0.494 e. The molecule has 7 nitrogen and oxygen atoms in total. The Bertz CT molecular complexity index is 1590. The van der Waals surface area contributed by atoms with Crippen molar-refractivity contribution in [2.75, 3.05) is 25.6 Å². The normalized spacial score (nSPS) is 11.5. The summed E-state index contributed by atoms with van der Waals surface area (Å²) in [6.45, 7) is 0.920. The Morgan fingerprint density at radius 1 is 0.889 bits per heavy atom. The highest BCUT2D eigenvalue weighted by atomic mass is 19.1. The van der Waals surface area contributed by atoms with Gasteiger partial charge in [0.2, 0.25) is 5.91 Å². The van der Waals surface area contributed by atoms with Crippen LogP contribution in [0.25, 0.3) is 6.08 Å². The van der Waals surface area contributed by atoms with Gasteiger partial charge in [-0.15, -0.1) is 0 Å². The number of hydrogen-bond acceptors (Lipinski definition) is 6. The Hall–Kier alpha value is -5.24. The summed E-state index contributed by atoms with van der Waals surface area (Å²) in [5.41, 5.74) is 3.23. The van der Waals surface area contributed by atoms with Crippen molar-refractivity contribution in [3.8, 4) is 5.75 Å². The number of halogens is 1. The lowest BCUT2D eigenvalue weighted by Crippen LogP contribution is -2.33. The van der Waals surface area contributed by atoms with Crippen molar-refractivity contribution in [1.29, 1.82) is 0 Å². The third-order valence-corrected chi connectivity index (χ3v) is 7.00. The van der Waals surface area contributed by atoms with Crippen LogP contribution in [0.1, 0.15) is 46.3 Å². The van der Waals surface area contributed by atoms with Crippen LogP contribution in [0, 0.1) is 5.82 Å². The first-order valence-electron chi connectivity index (χ1n) is 14.9. The van der Waals surface area contributed by atoms with Gasteiger partial charge in [-0.2, -0.15) is 0 Å². The van der Waals surface area contributed by atoms with Crippen LogP contribution in [-0.2, 0) is 20.7 Å². The lowest BCUT2D eigenvalue weighted by molar-refractivity contribution is -0.141. The summed E-state index contributed by atoms with van der Waals surface area (Å²) in [7, 11) is 1.34. The van der Waals surface area contributed by atoms with E-state index in [4.69, 9.17) is 9.47 Å². The number of allylic oxidation sites excluding steroid dienone is 1. The summed E-state index contributed by atoms with van der Waals surface area (Å²) in [4.78, 5) is 37.9. The molecular weight excluding hydrogens is 571 g/mol. The maximum Gasteiger partial charge on any atom is 0.328 e. The maximum atomic E-state index is 13.2. The zero-order valence-corrected chi connectivity index (χ0v) is 25.2. The number of carbonyl (C=O) groups is 3. The van der Waals surface area contributed by atoms with Crippen LogP contribution in [-0.4, -0.2) is 44.0 Å². The first kappa shape index (κ1) is 32.7. The molecule has 4 aromatic carbocycles. The highest BCUT2D eigenvalue weighted by Gasteiger charge is 2.22. The van der Waals surface area contributed by atoms with Gasteiger partial charge in [0.15, 0.2) is 5.78 Å². The number of anilines is 1. The Kier molecular flexibility index (Phi) is 12.5. The molecular formula is C37H37FN2O5. The molecule has 8 heteroatoms. The Morgan fingerprint density at radius 3 is 2.40 bits per heavy atom. The van der Waals surface area contributed by atoms with E-state index in [9.17, 15) is 18.8 Å². The molecule has 1 amide bonds. The maximum absolute atomic E-state index is 13.2. The fourth-order valence-corrected chi connectivity index (χ4v) is 4.66. The van der Waals surface area contributed by atoms with E-state index < -0.39 is 12.0 Å².